The third-order valence-corrected chi connectivity index (χ3v) is 10.9. The highest BCUT2D eigenvalue weighted by atomic mass is 32.2. The second kappa shape index (κ2) is 12.2. The lowest BCUT2D eigenvalue weighted by Crippen LogP contribution is -2.43. The lowest BCUT2D eigenvalue weighted by molar-refractivity contribution is -0.144. The van der Waals surface area contributed by atoms with Gasteiger partial charge in [-0.25, -0.2) is 12.8 Å². The van der Waals surface area contributed by atoms with Crippen LogP contribution in [0.1, 0.15) is 66.3 Å². The van der Waals surface area contributed by atoms with Crippen molar-refractivity contribution < 1.29 is 32.2 Å². The first-order chi connectivity index (χ1) is 21.0. The van der Waals surface area contributed by atoms with Gasteiger partial charge >= 0.3 is 5.97 Å². The van der Waals surface area contributed by atoms with Crippen molar-refractivity contribution in [2.75, 3.05) is 30.0 Å². The number of anilines is 1. The average molecular weight is 622 g/mol. The summed E-state index contributed by atoms with van der Waals surface area (Å²) in [5.41, 5.74) is 7.16. The molecule has 1 heterocycles. The lowest BCUT2D eigenvalue weighted by Gasteiger charge is -2.31. The van der Waals surface area contributed by atoms with E-state index in [1.54, 1.807) is 13.0 Å². The van der Waals surface area contributed by atoms with Gasteiger partial charge in [-0.2, -0.15) is 0 Å². The molecule has 0 aromatic heterocycles. The molecule has 6 rings (SSSR count). The minimum atomic E-state index is -3.07. The molecule has 0 amide bonds. The van der Waals surface area contributed by atoms with E-state index in [1.807, 2.05) is 12.1 Å². The van der Waals surface area contributed by atoms with Crippen LogP contribution >= 0.6 is 0 Å². The fourth-order valence-corrected chi connectivity index (χ4v) is 8.20. The molecular weight excluding hydrogens is 581 g/mol. The van der Waals surface area contributed by atoms with E-state index in [-0.39, 0.29) is 54.6 Å². The Morgan fingerprint density at radius 3 is 2.59 bits per heavy atom. The highest BCUT2D eigenvalue weighted by Crippen LogP contribution is 2.49. The van der Waals surface area contributed by atoms with Crippen molar-refractivity contribution >= 4 is 21.5 Å². The number of hydrogen-bond donors (Lipinski definition) is 2. The molecular formula is C35H40FNO6S. The second-order valence-corrected chi connectivity index (χ2v) is 14.9. The number of hydrogen-bond acceptors (Lipinski definition) is 7. The number of sulfone groups is 1. The van der Waals surface area contributed by atoms with Crippen LogP contribution in [0.3, 0.4) is 0 Å². The van der Waals surface area contributed by atoms with Gasteiger partial charge in [0, 0.05) is 18.2 Å². The van der Waals surface area contributed by atoms with Crippen molar-refractivity contribution in [3.8, 4) is 16.9 Å². The van der Waals surface area contributed by atoms with Crippen LogP contribution in [0.2, 0.25) is 0 Å². The molecule has 3 aliphatic rings. The zero-order valence-electron chi connectivity index (χ0n) is 25.3. The van der Waals surface area contributed by atoms with Gasteiger partial charge in [0.2, 0.25) is 0 Å². The summed E-state index contributed by atoms with van der Waals surface area (Å²) in [6, 6.07) is 15.7. The van der Waals surface area contributed by atoms with Crippen molar-refractivity contribution in [2.24, 2.45) is 5.92 Å². The first-order valence-corrected chi connectivity index (χ1v) is 17.4. The van der Waals surface area contributed by atoms with Crippen LogP contribution in [-0.2, 0) is 38.8 Å². The molecule has 0 unspecified atom stereocenters. The SMILES string of the molecule is CCOC(=O)[C@H]1C[C@@H]1c1ccc(NCc2ccc3c(c2)-c2c(C)cc(OCC4(O)CCS(=O)(=O)CC4)cc2CCC3)cc1F. The third kappa shape index (κ3) is 6.64. The zero-order chi connectivity index (χ0) is 31.1. The zero-order valence-corrected chi connectivity index (χ0v) is 26.1. The molecule has 1 saturated carbocycles. The number of carbonyl (C=O) groups is 1. The van der Waals surface area contributed by atoms with Crippen molar-refractivity contribution in [3.63, 3.8) is 0 Å². The predicted octanol–water partition coefficient (Wildman–Crippen LogP) is 5.89. The number of carbonyl (C=O) groups excluding carboxylic acids is 1. The highest BCUT2D eigenvalue weighted by molar-refractivity contribution is 7.91. The quantitative estimate of drug-likeness (QED) is 0.288. The van der Waals surface area contributed by atoms with Gasteiger partial charge < -0.3 is 19.9 Å². The van der Waals surface area contributed by atoms with Crippen LogP contribution in [0.4, 0.5) is 10.1 Å². The van der Waals surface area contributed by atoms with E-state index in [9.17, 15) is 22.7 Å². The number of fused-ring (bicyclic) bond motifs is 3. The molecule has 2 aliphatic carbocycles. The van der Waals surface area contributed by atoms with E-state index in [1.165, 1.54) is 28.3 Å². The fourth-order valence-electron chi connectivity index (χ4n) is 6.61. The third-order valence-electron chi connectivity index (χ3n) is 9.27. The summed E-state index contributed by atoms with van der Waals surface area (Å²) in [7, 11) is -3.07. The van der Waals surface area contributed by atoms with Gasteiger partial charge in [0.25, 0.3) is 0 Å². The fraction of sp³-hybridized carbons (Fsp3) is 0.457. The number of benzene rings is 3. The van der Waals surface area contributed by atoms with Crippen molar-refractivity contribution in [1.29, 1.82) is 0 Å². The van der Waals surface area contributed by atoms with Crippen LogP contribution in [0, 0.1) is 18.7 Å². The molecule has 9 heteroatoms. The van der Waals surface area contributed by atoms with Crippen molar-refractivity contribution in [2.45, 2.75) is 70.4 Å². The Balaban J connectivity index is 1.14. The summed E-state index contributed by atoms with van der Waals surface area (Å²) >= 11 is 0. The molecule has 44 heavy (non-hydrogen) atoms. The Hall–Kier alpha value is -3.43. The molecule has 2 N–H and O–H groups in total. The molecule has 7 nitrogen and oxygen atoms in total. The average Bonchev–Trinajstić information content (AvgIpc) is 3.80. The summed E-state index contributed by atoms with van der Waals surface area (Å²) in [6.45, 7) is 4.78. The number of halogens is 1. The summed E-state index contributed by atoms with van der Waals surface area (Å²) < 4.78 is 49.7. The van der Waals surface area contributed by atoms with E-state index >= 15 is 0 Å². The molecule has 2 atom stereocenters. The maximum Gasteiger partial charge on any atom is 0.309 e. The predicted molar refractivity (Wildman–Crippen MR) is 168 cm³/mol. The summed E-state index contributed by atoms with van der Waals surface area (Å²) in [4.78, 5) is 12.0. The van der Waals surface area contributed by atoms with E-state index < -0.39 is 15.4 Å². The first-order valence-electron chi connectivity index (χ1n) is 15.6. The number of esters is 1. The monoisotopic (exact) mass is 621 g/mol. The summed E-state index contributed by atoms with van der Waals surface area (Å²) in [6.07, 6.45) is 3.88. The van der Waals surface area contributed by atoms with Crippen LogP contribution in [0.15, 0.2) is 48.5 Å². The molecule has 1 saturated heterocycles. The van der Waals surface area contributed by atoms with Gasteiger partial charge in [0.15, 0.2) is 9.84 Å². The molecule has 3 aromatic rings. The van der Waals surface area contributed by atoms with E-state index in [0.717, 1.165) is 30.4 Å². The van der Waals surface area contributed by atoms with Crippen molar-refractivity contribution in [1.82, 2.24) is 0 Å². The minimum Gasteiger partial charge on any atom is -0.491 e. The maximum atomic E-state index is 15.0. The molecule has 1 aliphatic heterocycles. The largest absolute Gasteiger partial charge is 0.491 e. The molecule has 0 radical (unpaired) electrons. The van der Waals surface area contributed by atoms with E-state index in [2.05, 4.69) is 36.5 Å². The van der Waals surface area contributed by atoms with Crippen LogP contribution in [-0.4, -0.2) is 49.8 Å². The van der Waals surface area contributed by atoms with E-state index in [4.69, 9.17) is 9.47 Å². The number of aryl methyl sites for hydroxylation is 3. The van der Waals surface area contributed by atoms with Gasteiger partial charge in [-0.1, -0.05) is 18.2 Å². The number of ether oxygens (including phenoxy) is 2. The van der Waals surface area contributed by atoms with Crippen LogP contribution in [0.5, 0.6) is 5.75 Å². The topological polar surface area (TPSA) is 102 Å². The van der Waals surface area contributed by atoms with E-state index in [0.29, 0.717) is 36.6 Å². The number of nitrogens with one attached hydrogen (secondary N) is 1. The Labute approximate surface area is 258 Å². The van der Waals surface area contributed by atoms with Crippen LogP contribution in [0.25, 0.3) is 11.1 Å². The molecule has 2 fully saturated rings. The normalized spacial score (nSPS) is 21.4. The van der Waals surface area contributed by atoms with Gasteiger partial charge in [0.05, 0.1) is 24.0 Å². The Morgan fingerprint density at radius 1 is 1.07 bits per heavy atom. The Bertz CT molecular complexity index is 1670. The van der Waals surface area contributed by atoms with Gasteiger partial charge in [-0.3, -0.25) is 4.79 Å². The molecule has 234 valence electrons. The summed E-state index contributed by atoms with van der Waals surface area (Å²) in [5, 5.41) is 14.2. The Morgan fingerprint density at radius 2 is 1.84 bits per heavy atom. The highest BCUT2D eigenvalue weighted by Gasteiger charge is 2.46. The first kappa shape index (κ1) is 30.6. The van der Waals surface area contributed by atoms with Gasteiger partial charge in [0.1, 0.15) is 23.8 Å². The summed E-state index contributed by atoms with van der Waals surface area (Å²) in [5.74, 6) is -0.254. The van der Waals surface area contributed by atoms with Gasteiger partial charge in [-0.05, 0) is 122 Å². The van der Waals surface area contributed by atoms with Gasteiger partial charge in [-0.15, -0.1) is 0 Å². The lowest BCUT2D eigenvalue weighted by atomic mass is 9.91. The number of rotatable bonds is 9. The minimum absolute atomic E-state index is 0.0116. The number of aliphatic hydroxyl groups is 1. The molecule has 3 aromatic carbocycles. The van der Waals surface area contributed by atoms with Crippen LogP contribution < -0.4 is 10.1 Å². The Kier molecular flexibility index (Phi) is 8.46. The van der Waals surface area contributed by atoms with Crippen molar-refractivity contribution in [3.05, 3.63) is 82.2 Å². The maximum absolute atomic E-state index is 15.0. The molecule has 0 bridgehead atoms. The second-order valence-electron chi connectivity index (χ2n) is 12.6. The smallest absolute Gasteiger partial charge is 0.309 e. The molecule has 0 spiro atoms. The standard InChI is InChI=1S/C35H40FNO6S/c1-3-42-34(38)31-19-30(31)28-10-9-26(18-32(28)36)37-20-23-7-8-24-5-4-6-25-17-27(15-22(2)33(25)29(24)16-23)43-21-35(39)11-13-44(40,41)14-12-35/h7-10,15-18,30-31,37,39H,3-6,11-14,19-21H2,1-2H3/t30-,31+/m1/s1.